The van der Waals surface area contributed by atoms with E-state index in [4.69, 9.17) is 10.4 Å². The van der Waals surface area contributed by atoms with Gasteiger partial charge in [0.1, 0.15) is 6.07 Å². The molecule has 0 radical (unpaired) electrons. The minimum atomic E-state index is -0.906. The summed E-state index contributed by atoms with van der Waals surface area (Å²) in [5, 5.41) is 17.4. The van der Waals surface area contributed by atoms with Gasteiger partial charge in [-0.05, 0) is 12.1 Å². The monoisotopic (exact) mass is 167 g/mol. The lowest BCUT2D eigenvalue weighted by Crippen LogP contribution is -1.89. The lowest BCUT2D eigenvalue weighted by molar-refractivity contribution is 0.364. The third-order valence-corrected chi connectivity index (χ3v) is 1.42. The van der Waals surface area contributed by atoms with Gasteiger partial charge in [-0.3, -0.25) is 0 Å². The number of rotatable bonds is 1. The minimum Gasteiger partial charge on any atom is -0.504 e. The predicted octanol–water partition coefficient (Wildman–Crippen LogP) is 1.41. The number of halogens is 1. The molecule has 0 saturated heterocycles. The number of ether oxygens (including phenoxy) is 1. The molecule has 4 heteroatoms. The zero-order valence-electron chi connectivity index (χ0n) is 6.34. The standard InChI is InChI=1S/C8H6FNO2/c1-12-6-3-2-5(4-10)8(11)7(6)9/h2-3,11H,1H3. The van der Waals surface area contributed by atoms with Gasteiger partial charge < -0.3 is 9.84 Å². The van der Waals surface area contributed by atoms with E-state index in [1.807, 2.05) is 0 Å². The molecule has 1 aromatic carbocycles. The van der Waals surface area contributed by atoms with Gasteiger partial charge in [-0.1, -0.05) is 0 Å². The van der Waals surface area contributed by atoms with Crippen LogP contribution < -0.4 is 4.74 Å². The number of nitriles is 1. The summed E-state index contributed by atoms with van der Waals surface area (Å²) in [6.45, 7) is 0. The van der Waals surface area contributed by atoms with Crippen molar-refractivity contribution in [3.8, 4) is 17.6 Å². The predicted molar refractivity (Wildman–Crippen MR) is 39.3 cm³/mol. The fraction of sp³-hybridized carbons (Fsp3) is 0.125. The SMILES string of the molecule is COc1ccc(C#N)c(O)c1F. The Labute approximate surface area is 68.6 Å². The highest BCUT2D eigenvalue weighted by atomic mass is 19.1. The maximum Gasteiger partial charge on any atom is 0.207 e. The van der Waals surface area contributed by atoms with Crippen LogP contribution in [0.25, 0.3) is 0 Å². The van der Waals surface area contributed by atoms with Gasteiger partial charge in [0, 0.05) is 0 Å². The number of hydrogen-bond donors (Lipinski definition) is 1. The molecule has 0 spiro atoms. The molecule has 0 amide bonds. The minimum absolute atomic E-state index is 0.0773. The lowest BCUT2D eigenvalue weighted by atomic mass is 10.2. The number of phenols is 1. The van der Waals surface area contributed by atoms with Crippen LogP contribution in [0.4, 0.5) is 4.39 Å². The van der Waals surface area contributed by atoms with Crippen molar-refractivity contribution in [1.29, 1.82) is 5.26 Å². The normalized spacial score (nSPS) is 9.08. The van der Waals surface area contributed by atoms with Gasteiger partial charge >= 0.3 is 0 Å². The largest absolute Gasteiger partial charge is 0.504 e. The Bertz CT molecular complexity index is 344. The molecule has 1 aromatic rings. The molecule has 0 aliphatic carbocycles. The average Bonchev–Trinajstić information content (AvgIpc) is 2.10. The molecule has 0 aliphatic heterocycles. The maximum absolute atomic E-state index is 12.9. The van der Waals surface area contributed by atoms with Crippen LogP contribution in [0.15, 0.2) is 12.1 Å². The third-order valence-electron chi connectivity index (χ3n) is 1.42. The summed E-state index contributed by atoms with van der Waals surface area (Å²) in [6, 6.07) is 4.22. The second-order valence-electron chi connectivity index (χ2n) is 2.09. The van der Waals surface area contributed by atoms with Crippen molar-refractivity contribution in [2.45, 2.75) is 0 Å². The quantitative estimate of drug-likeness (QED) is 0.688. The van der Waals surface area contributed by atoms with Gasteiger partial charge in [-0.2, -0.15) is 9.65 Å². The van der Waals surface area contributed by atoms with Crippen LogP contribution in [-0.2, 0) is 0 Å². The van der Waals surface area contributed by atoms with E-state index in [1.165, 1.54) is 19.2 Å². The molecule has 0 fully saturated rings. The first-order valence-electron chi connectivity index (χ1n) is 3.16. The summed E-state index contributed by atoms with van der Waals surface area (Å²) in [5.74, 6) is -1.65. The van der Waals surface area contributed by atoms with E-state index >= 15 is 0 Å². The summed E-state index contributed by atoms with van der Waals surface area (Å²) in [4.78, 5) is 0. The molecule has 0 bridgehead atoms. The first kappa shape index (κ1) is 8.34. The number of hydrogen-bond acceptors (Lipinski definition) is 3. The van der Waals surface area contributed by atoms with Gasteiger partial charge in [0.05, 0.1) is 12.7 Å². The van der Waals surface area contributed by atoms with E-state index in [0.29, 0.717) is 0 Å². The van der Waals surface area contributed by atoms with Gasteiger partial charge in [0.15, 0.2) is 11.5 Å². The van der Waals surface area contributed by atoms with Crippen LogP contribution in [0.3, 0.4) is 0 Å². The van der Waals surface area contributed by atoms with Crippen LogP contribution in [0, 0.1) is 17.1 Å². The average molecular weight is 167 g/mol. The Morgan fingerprint density at radius 1 is 1.58 bits per heavy atom. The summed E-state index contributed by atoms with van der Waals surface area (Å²) in [7, 11) is 1.28. The summed E-state index contributed by atoms with van der Waals surface area (Å²) in [5.41, 5.74) is -0.103. The van der Waals surface area contributed by atoms with Gasteiger partial charge in [-0.15, -0.1) is 0 Å². The number of phenolic OH excluding ortho intramolecular Hbond substituents is 1. The fourth-order valence-corrected chi connectivity index (χ4v) is 0.794. The molecular weight excluding hydrogens is 161 g/mol. The van der Waals surface area contributed by atoms with Crippen molar-refractivity contribution in [2.24, 2.45) is 0 Å². The smallest absolute Gasteiger partial charge is 0.207 e. The van der Waals surface area contributed by atoms with E-state index in [9.17, 15) is 4.39 Å². The highest BCUT2D eigenvalue weighted by Gasteiger charge is 2.11. The highest BCUT2D eigenvalue weighted by molar-refractivity contribution is 5.47. The van der Waals surface area contributed by atoms with Crippen LogP contribution in [0.2, 0.25) is 0 Å². The Hall–Kier alpha value is -1.76. The third kappa shape index (κ3) is 1.17. The molecule has 0 saturated carbocycles. The molecule has 1 rings (SSSR count). The second-order valence-corrected chi connectivity index (χ2v) is 2.09. The molecule has 1 N–H and O–H groups in total. The van der Waals surface area contributed by atoms with E-state index < -0.39 is 11.6 Å². The van der Waals surface area contributed by atoms with Gasteiger partial charge in [0.2, 0.25) is 5.82 Å². The van der Waals surface area contributed by atoms with E-state index in [-0.39, 0.29) is 11.3 Å². The van der Waals surface area contributed by atoms with E-state index in [0.717, 1.165) is 0 Å². The molecular formula is C8H6FNO2. The highest BCUT2D eigenvalue weighted by Crippen LogP contribution is 2.28. The molecule has 0 aromatic heterocycles. The van der Waals surface area contributed by atoms with E-state index in [1.54, 1.807) is 6.07 Å². The van der Waals surface area contributed by atoms with Crippen LogP contribution in [0.5, 0.6) is 11.5 Å². The molecule has 0 heterocycles. The molecule has 62 valence electrons. The van der Waals surface area contributed by atoms with Crippen molar-refractivity contribution in [1.82, 2.24) is 0 Å². The van der Waals surface area contributed by atoms with Gasteiger partial charge in [0.25, 0.3) is 0 Å². The Morgan fingerprint density at radius 3 is 2.75 bits per heavy atom. The molecule has 0 aliphatic rings. The van der Waals surface area contributed by atoms with Crippen molar-refractivity contribution in [3.63, 3.8) is 0 Å². The van der Waals surface area contributed by atoms with Gasteiger partial charge in [-0.25, -0.2) is 0 Å². The first-order chi connectivity index (χ1) is 5.70. The second kappa shape index (κ2) is 3.09. The summed E-state index contributed by atoms with van der Waals surface area (Å²) in [6.07, 6.45) is 0. The Balaban J connectivity index is 3.32. The van der Waals surface area contributed by atoms with Crippen molar-refractivity contribution in [2.75, 3.05) is 7.11 Å². The van der Waals surface area contributed by atoms with E-state index in [2.05, 4.69) is 4.74 Å². The number of nitrogens with zero attached hydrogens (tertiary/aromatic N) is 1. The zero-order chi connectivity index (χ0) is 9.14. The molecule has 0 atom stereocenters. The number of aromatic hydroxyl groups is 1. The summed E-state index contributed by atoms with van der Waals surface area (Å²) >= 11 is 0. The first-order valence-corrected chi connectivity index (χ1v) is 3.16. The molecule has 0 unspecified atom stereocenters. The van der Waals surface area contributed by atoms with Crippen molar-refractivity contribution >= 4 is 0 Å². The lowest BCUT2D eigenvalue weighted by Gasteiger charge is -2.03. The zero-order valence-corrected chi connectivity index (χ0v) is 6.34. The summed E-state index contributed by atoms with van der Waals surface area (Å²) < 4.78 is 17.5. The van der Waals surface area contributed by atoms with Crippen molar-refractivity contribution < 1.29 is 14.2 Å². The Morgan fingerprint density at radius 2 is 2.25 bits per heavy atom. The fourth-order valence-electron chi connectivity index (χ4n) is 0.794. The molecule has 12 heavy (non-hydrogen) atoms. The topological polar surface area (TPSA) is 53.2 Å². The molecule has 3 nitrogen and oxygen atoms in total. The Kier molecular flexibility index (Phi) is 2.15. The maximum atomic E-state index is 12.9. The van der Waals surface area contributed by atoms with Crippen molar-refractivity contribution in [3.05, 3.63) is 23.5 Å². The van der Waals surface area contributed by atoms with Crippen LogP contribution in [-0.4, -0.2) is 12.2 Å². The van der Waals surface area contributed by atoms with Crippen LogP contribution in [0.1, 0.15) is 5.56 Å². The number of methoxy groups -OCH3 is 1. The van der Waals surface area contributed by atoms with Crippen LogP contribution >= 0.6 is 0 Å². The number of benzene rings is 1.